The minimum Gasteiger partial charge on any atom is -0.383 e. The van der Waals surface area contributed by atoms with Gasteiger partial charge in [-0.3, -0.25) is 0 Å². The molecule has 0 amide bonds. The number of halogens is 1. The summed E-state index contributed by atoms with van der Waals surface area (Å²) < 4.78 is 12.8. The van der Waals surface area contributed by atoms with E-state index in [2.05, 4.69) is 18.8 Å². The highest BCUT2D eigenvalue weighted by Crippen LogP contribution is 2.46. The van der Waals surface area contributed by atoms with Crippen LogP contribution in [0.4, 0.5) is 4.39 Å². The number of fused-ring (bicyclic) bond motifs is 1. The highest BCUT2D eigenvalue weighted by atomic mass is 19.1. The van der Waals surface area contributed by atoms with E-state index >= 15 is 0 Å². The Hall–Kier alpha value is -0.530. The Labute approximate surface area is 60.3 Å². The average Bonchev–Trinajstić information content (AvgIpc) is 2.42. The van der Waals surface area contributed by atoms with Crippen LogP contribution in [0.3, 0.4) is 0 Å². The van der Waals surface area contributed by atoms with E-state index in [9.17, 15) is 4.39 Å². The predicted octanol–water partition coefficient (Wildman–Crippen LogP) is 1.47. The second-order valence-corrected chi connectivity index (χ2v) is 3.48. The van der Waals surface area contributed by atoms with Crippen LogP contribution in [-0.2, 0) is 0 Å². The Morgan fingerprint density at radius 1 is 1.70 bits per heavy atom. The first-order chi connectivity index (χ1) is 4.70. The van der Waals surface area contributed by atoms with E-state index in [0.29, 0.717) is 5.92 Å². The molecule has 1 aliphatic carbocycles. The number of rotatable bonds is 0. The molecule has 2 heteroatoms. The average molecular weight is 141 g/mol. The van der Waals surface area contributed by atoms with Gasteiger partial charge in [-0.05, 0) is 12.3 Å². The van der Waals surface area contributed by atoms with Crippen molar-refractivity contribution < 1.29 is 4.39 Å². The summed E-state index contributed by atoms with van der Waals surface area (Å²) >= 11 is 0. The molecule has 1 N–H and O–H groups in total. The molecule has 0 spiro atoms. The molecule has 10 heavy (non-hydrogen) atoms. The molecule has 0 radical (unpaired) electrons. The first kappa shape index (κ1) is 6.20. The van der Waals surface area contributed by atoms with Gasteiger partial charge >= 0.3 is 0 Å². The van der Waals surface area contributed by atoms with Crippen LogP contribution in [0, 0.1) is 11.8 Å². The summed E-state index contributed by atoms with van der Waals surface area (Å²) in [6, 6.07) is 0.108. The van der Waals surface area contributed by atoms with Crippen LogP contribution >= 0.6 is 0 Å². The molecule has 1 nitrogen and oxygen atoms in total. The lowest BCUT2D eigenvalue weighted by Crippen LogP contribution is -2.26. The van der Waals surface area contributed by atoms with Crippen molar-refractivity contribution in [1.82, 2.24) is 5.32 Å². The molecule has 0 aromatic rings. The Balaban J connectivity index is 2.09. The highest BCUT2D eigenvalue weighted by Gasteiger charge is 2.56. The van der Waals surface area contributed by atoms with E-state index < -0.39 is 6.17 Å². The van der Waals surface area contributed by atoms with E-state index in [1.807, 2.05) is 0 Å². The third kappa shape index (κ3) is 0.678. The van der Waals surface area contributed by atoms with Crippen LogP contribution in [-0.4, -0.2) is 12.2 Å². The monoisotopic (exact) mass is 141 g/mol. The zero-order valence-electron chi connectivity index (χ0n) is 6.10. The summed E-state index contributed by atoms with van der Waals surface area (Å²) in [4.78, 5) is 0. The maximum Gasteiger partial charge on any atom is 0.126 e. The molecule has 1 heterocycles. The number of hydrogen-bond acceptors (Lipinski definition) is 1. The normalized spacial score (nSPS) is 51.6. The standard InChI is InChI=1S/C8H12FN/c1-4-3-5(2)10-8-6(4)7(8)9/h4,6-8,10H,2-3H2,1H3. The first-order valence-corrected chi connectivity index (χ1v) is 3.78. The van der Waals surface area contributed by atoms with Crippen molar-refractivity contribution in [3.63, 3.8) is 0 Å². The van der Waals surface area contributed by atoms with E-state index in [0.717, 1.165) is 12.1 Å². The Morgan fingerprint density at radius 3 is 3.00 bits per heavy atom. The second kappa shape index (κ2) is 1.74. The Bertz CT molecular complexity index is 168. The van der Waals surface area contributed by atoms with Gasteiger partial charge in [-0.25, -0.2) is 4.39 Å². The molecule has 2 rings (SSSR count). The fourth-order valence-corrected chi connectivity index (χ4v) is 1.96. The lowest BCUT2D eigenvalue weighted by Gasteiger charge is -2.19. The summed E-state index contributed by atoms with van der Waals surface area (Å²) in [7, 11) is 0. The van der Waals surface area contributed by atoms with Crippen molar-refractivity contribution >= 4 is 0 Å². The van der Waals surface area contributed by atoms with Crippen LogP contribution in [0.1, 0.15) is 13.3 Å². The third-order valence-electron chi connectivity index (χ3n) is 2.58. The molecule has 0 aromatic carbocycles. The predicted molar refractivity (Wildman–Crippen MR) is 38.2 cm³/mol. The molecule has 1 aliphatic heterocycles. The number of allylic oxidation sites excluding steroid dienone is 1. The third-order valence-corrected chi connectivity index (χ3v) is 2.58. The molecule has 0 aromatic heterocycles. The minimum atomic E-state index is -0.603. The molecule has 56 valence electrons. The number of nitrogens with one attached hydrogen (secondary N) is 1. The fraction of sp³-hybridized carbons (Fsp3) is 0.750. The molecule has 1 saturated carbocycles. The van der Waals surface area contributed by atoms with Crippen molar-refractivity contribution in [2.24, 2.45) is 11.8 Å². The van der Waals surface area contributed by atoms with Crippen molar-refractivity contribution in [3.8, 4) is 0 Å². The fourth-order valence-electron chi connectivity index (χ4n) is 1.96. The van der Waals surface area contributed by atoms with Gasteiger partial charge in [0, 0.05) is 11.6 Å². The van der Waals surface area contributed by atoms with Gasteiger partial charge in [0.1, 0.15) is 6.17 Å². The summed E-state index contributed by atoms with van der Waals surface area (Å²) in [5, 5.41) is 3.06. The molecule has 4 atom stereocenters. The molecule has 4 unspecified atom stereocenters. The smallest absolute Gasteiger partial charge is 0.126 e. The van der Waals surface area contributed by atoms with Crippen LogP contribution in [0.15, 0.2) is 12.3 Å². The van der Waals surface area contributed by atoms with Gasteiger partial charge in [0.2, 0.25) is 0 Å². The van der Waals surface area contributed by atoms with Crippen LogP contribution in [0.25, 0.3) is 0 Å². The largest absolute Gasteiger partial charge is 0.383 e. The van der Waals surface area contributed by atoms with Crippen molar-refractivity contribution in [2.75, 3.05) is 0 Å². The van der Waals surface area contributed by atoms with Crippen LogP contribution in [0.2, 0.25) is 0 Å². The molecule has 0 bridgehead atoms. The van der Waals surface area contributed by atoms with Gasteiger partial charge in [0.05, 0.1) is 6.04 Å². The lowest BCUT2D eigenvalue weighted by atomic mass is 9.97. The maximum absolute atomic E-state index is 12.8. The Kier molecular flexibility index (Phi) is 1.08. The number of hydrogen-bond donors (Lipinski definition) is 1. The summed E-state index contributed by atoms with van der Waals surface area (Å²) in [6.45, 7) is 5.90. The quantitative estimate of drug-likeness (QED) is 0.538. The molecule has 1 saturated heterocycles. The van der Waals surface area contributed by atoms with Crippen LogP contribution in [0.5, 0.6) is 0 Å². The topological polar surface area (TPSA) is 12.0 Å². The maximum atomic E-state index is 12.8. The first-order valence-electron chi connectivity index (χ1n) is 3.78. The van der Waals surface area contributed by atoms with Gasteiger partial charge in [-0.1, -0.05) is 13.5 Å². The minimum absolute atomic E-state index is 0.108. The molecular formula is C8H12FN. The van der Waals surface area contributed by atoms with Crippen molar-refractivity contribution in [1.29, 1.82) is 0 Å². The van der Waals surface area contributed by atoms with Crippen molar-refractivity contribution in [3.05, 3.63) is 12.3 Å². The van der Waals surface area contributed by atoms with Crippen molar-refractivity contribution in [2.45, 2.75) is 25.6 Å². The number of piperidine rings is 1. The summed E-state index contributed by atoms with van der Waals surface area (Å²) in [5.41, 5.74) is 1.01. The SMILES string of the molecule is C=C1CC(C)C2C(F)C2N1. The van der Waals surface area contributed by atoms with Gasteiger partial charge in [0.15, 0.2) is 0 Å². The molecular weight excluding hydrogens is 129 g/mol. The van der Waals surface area contributed by atoms with E-state index in [4.69, 9.17) is 0 Å². The summed E-state index contributed by atoms with van der Waals surface area (Å²) in [5.74, 6) is 0.777. The van der Waals surface area contributed by atoms with E-state index in [1.165, 1.54) is 0 Å². The second-order valence-electron chi connectivity index (χ2n) is 3.48. The van der Waals surface area contributed by atoms with E-state index in [-0.39, 0.29) is 12.0 Å². The van der Waals surface area contributed by atoms with Gasteiger partial charge < -0.3 is 5.32 Å². The summed E-state index contributed by atoms with van der Waals surface area (Å²) in [6.07, 6.45) is 0.343. The van der Waals surface area contributed by atoms with E-state index in [1.54, 1.807) is 0 Å². The highest BCUT2D eigenvalue weighted by molar-refractivity contribution is 5.17. The number of alkyl halides is 1. The Morgan fingerprint density at radius 2 is 2.40 bits per heavy atom. The van der Waals surface area contributed by atoms with Crippen LogP contribution < -0.4 is 5.32 Å². The lowest BCUT2D eigenvalue weighted by molar-refractivity contribution is 0.382. The zero-order valence-corrected chi connectivity index (χ0v) is 6.10. The van der Waals surface area contributed by atoms with Gasteiger partial charge in [-0.15, -0.1) is 0 Å². The molecule has 2 fully saturated rings. The van der Waals surface area contributed by atoms with Gasteiger partial charge in [0.25, 0.3) is 0 Å². The molecule has 2 aliphatic rings. The van der Waals surface area contributed by atoms with Gasteiger partial charge in [-0.2, -0.15) is 0 Å². The zero-order chi connectivity index (χ0) is 7.30.